The highest BCUT2D eigenvalue weighted by Crippen LogP contribution is 2.11. The third-order valence-electron chi connectivity index (χ3n) is 1.69. The second-order valence-corrected chi connectivity index (χ2v) is 3.19. The summed E-state index contributed by atoms with van der Waals surface area (Å²) in [4.78, 5) is 4.33. The van der Waals surface area contributed by atoms with Crippen molar-refractivity contribution in [3.05, 3.63) is 11.6 Å². The number of hydrogen-bond acceptors (Lipinski definition) is 1. The Morgan fingerprint density at radius 2 is 2.09 bits per heavy atom. The molecule has 0 saturated heterocycles. The number of likely N-dealkylation sites (N-methyl/N-ethyl adjacent to an activating group) is 1. The molecule has 0 saturated carbocycles. The molecule has 0 spiro atoms. The first-order chi connectivity index (χ1) is 5.18. The van der Waals surface area contributed by atoms with Crippen LogP contribution in [0, 0.1) is 5.92 Å². The van der Waals surface area contributed by atoms with Gasteiger partial charge in [-0.1, -0.05) is 41.2 Å². The van der Waals surface area contributed by atoms with Gasteiger partial charge >= 0.3 is 0 Å². The van der Waals surface area contributed by atoms with E-state index in [2.05, 4.69) is 54.5 Å². The lowest BCUT2D eigenvalue weighted by Crippen LogP contribution is -2.29. The minimum Gasteiger partial charge on any atom is -0.302 e. The lowest BCUT2D eigenvalue weighted by atomic mass is 10.0. The SMILES string of the molecule is CC1=CC(C)CN(C)C1.CI. The predicted molar refractivity (Wildman–Crippen MR) is 60.4 cm³/mol. The summed E-state index contributed by atoms with van der Waals surface area (Å²) in [5.74, 6) is 0.753. The molecular weight excluding hydrogens is 249 g/mol. The van der Waals surface area contributed by atoms with Gasteiger partial charge in [0.1, 0.15) is 0 Å². The van der Waals surface area contributed by atoms with E-state index in [1.165, 1.54) is 12.1 Å². The quantitative estimate of drug-likeness (QED) is 0.370. The Bertz CT molecular complexity index is 132. The molecule has 0 fully saturated rings. The van der Waals surface area contributed by atoms with Gasteiger partial charge in [0, 0.05) is 13.1 Å². The zero-order valence-corrected chi connectivity index (χ0v) is 10.1. The van der Waals surface area contributed by atoms with Crippen molar-refractivity contribution in [3.8, 4) is 0 Å². The first-order valence-corrected chi connectivity index (χ1v) is 6.08. The van der Waals surface area contributed by atoms with Gasteiger partial charge in [0.25, 0.3) is 0 Å². The summed E-state index contributed by atoms with van der Waals surface area (Å²) in [6, 6.07) is 0. The van der Waals surface area contributed by atoms with Crippen LogP contribution in [0.1, 0.15) is 13.8 Å². The first kappa shape index (κ1) is 11.4. The highest BCUT2D eigenvalue weighted by atomic mass is 127. The van der Waals surface area contributed by atoms with Gasteiger partial charge in [0.15, 0.2) is 0 Å². The molecule has 0 bridgehead atoms. The van der Waals surface area contributed by atoms with Crippen LogP contribution in [0.2, 0.25) is 0 Å². The first-order valence-electron chi connectivity index (χ1n) is 3.92. The Labute approximate surface area is 84.0 Å². The van der Waals surface area contributed by atoms with E-state index in [0.29, 0.717) is 0 Å². The molecule has 1 aliphatic heterocycles. The lowest BCUT2D eigenvalue weighted by Gasteiger charge is -2.25. The zero-order valence-electron chi connectivity index (χ0n) is 7.89. The fourth-order valence-corrected chi connectivity index (χ4v) is 1.57. The van der Waals surface area contributed by atoms with Crippen LogP contribution in [0.5, 0.6) is 0 Å². The van der Waals surface area contributed by atoms with Gasteiger partial charge in [-0.15, -0.1) is 0 Å². The van der Waals surface area contributed by atoms with Crippen molar-refractivity contribution in [2.45, 2.75) is 13.8 Å². The fraction of sp³-hybridized carbons (Fsp3) is 0.778. The smallest absolute Gasteiger partial charge is 0.0187 e. The van der Waals surface area contributed by atoms with E-state index in [1.54, 1.807) is 0 Å². The Balaban J connectivity index is 0.000000461. The second-order valence-electron chi connectivity index (χ2n) is 3.19. The average Bonchev–Trinajstić information content (AvgIpc) is 1.88. The Morgan fingerprint density at radius 1 is 1.55 bits per heavy atom. The summed E-state index contributed by atoms with van der Waals surface area (Å²) in [6.45, 7) is 6.84. The maximum Gasteiger partial charge on any atom is 0.0187 e. The maximum absolute atomic E-state index is 2.36. The molecule has 1 aliphatic rings. The van der Waals surface area contributed by atoms with Crippen molar-refractivity contribution in [1.29, 1.82) is 0 Å². The van der Waals surface area contributed by atoms with E-state index < -0.39 is 0 Å². The van der Waals surface area contributed by atoms with Crippen LogP contribution in [0.3, 0.4) is 0 Å². The molecule has 0 aliphatic carbocycles. The standard InChI is InChI=1S/C8H15N.CH3I/c1-7-4-8(2)6-9(3)5-7;1-2/h4,7H,5-6H2,1-3H3;1H3. The summed E-state index contributed by atoms with van der Waals surface area (Å²) < 4.78 is 0. The summed E-state index contributed by atoms with van der Waals surface area (Å²) in [5.41, 5.74) is 1.51. The molecule has 1 rings (SSSR count). The van der Waals surface area contributed by atoms with Crippen LogP contribution in [-0.4, -0.2) is 30.0 Å². The molecule has 0 N–H and O–H groups in total. The van der Waals surface area contributed by atoms with E-state index in [0.717, 1.165) is 12.5 Å². The normalized spacial score (nSPS) is 25.2. The third kappa shape index (κ3) is 4.80. The molecule has 1 nitrogen and oxygen atoms in total. The lowest BCUT2D eigenvalue weighted by molar-refractivity contribution is 0.313. The molecule has 1 atom stereocenters. The van der Waals surface area contributed by atoms with E-state index in [1.807, 2.05) is 4.93 Å². The van der Waals surface area contributed by atoms with E-state index in [-0.39, 0.29) is 0 Å². The molecule has 11 heavy (non-hydrogen) atoms. The highest BCUT2D eigenvalue weighted by molar-refractivity contribution is 14.1. The number of alkyl halides is 1. The van der Waals surface area contributed by atoms with Crippen LogP contribution in [0.4, 0.5) is 0 Å². The van der Waals surface area contributed by atoms with Gasteiger partial charge in [-0.05, 0) is 24.8 Å². The average molecular weight is 267 g/mol. The minimum atomic E-state index is 0.753. The largest absolute Gasteiger partial charge is 0.302 e. The number of halogens is 1. The number of hydrogen-bond donors (Lipinski definition) is 0. The van der Waals surface area contributed by atoms with Crippen LogP contribution in [0.25, 0.3) is 0 Å². The number of rotatable bonds is 0. The molecule has 0 radical (unpaired) electrons. The Hall–Kier alpha value is 0.430. The maximum atomic E-state index is 2.36. The summed E-state index contributed by atoms with van der Waals surface area (Å²) in [7, 11) is 2.17. The zero-order chi connectivity index (χ0) is 8.85. The van der Waals surface area contributed by atoms with E-state index in [4.69, 9.17) is 0 Å². The van der Waals surface area contributed by atoms with Crippen LogP contribution < -0.4 is 0 Å². The van der Waals surface area contributed by atoms with Crippen LogP contribution in [-0.2, 0) is 0 Å². The molecule has 2 heteroatoms. The molecule has 66 valence electrons. The Morgan fingerprint density at radius 3 is 2.45 bits per heavy atom. The molecule has 1 unspecified atom stereocenters. The monoisotopic (exact) mass is 267 g/mol. The van der Waals surface area contributed by atoms with Crippen molar-refractivity contribution in [3.63, 3.8) is 0 Å². The van der Waals surface area contributed by atoms with E-state index in [9.17, 15) is 0 Å². The van der Waals surface area contributed by atoms with Crippen molar-refractivity contribution >= 4 is 22.6 Å². The molecule has 0 amide bonds. The van der Waals surface area contributed by atoms with Crippen molar-refractivity contribution in [2.24, 2.45) is 5.92 Å². The highest BCUT2D eigenvalue weighted by Gasteiger charge is 2.09. The summed E-state index contributed by atoms with van der Waals surface area (Å²) in [5, 5.41) is 0. The molecule has 0 aromatic rings. The van der Waals surface area contributed by atoms with Gasteiger partial charge in [-0.3, -0.25) is 0 Å². The van der Waals surface area contributed by atoms with Crippen molar-refractivity contribution < 1.29 is 0 Å². The van der Waals surface area contributed by atoms with Crippen molar-refractivity contribution in [2.75, 3.05) is 25.1 Å². The van der Waals surface area contributed by atoms with E-state index >= 15 is 0 Å². The fourth-order valence-electron chi connectivity index (χ4n) is 1.57. The molecule has 1 heterocycles. The number of nitrogens with zero attached hydrogens (tertiary/aromatic N) is 1. The molecule has 0 aromatic carbocycles. The summed E-state index contributed by atoms with van der Waals surface area (Å²) in [6.07, 6.45) is 2.36. The topological polar surface area (TPSA) is 3.24 Å². The van der Waals surface area contributed by atoms with Gasteiger partial charge in [-0.2, -0.15) is 0 Å². The Kier molecular flexibility index (Phi) is 6.24. The van der Waals surface area contributed by atoms with Gasteiger partial charge in [0.2, 0.25) is 0 Å². The minimum absolute atomic E-state index is 0.753. The van der Waals surface area contributed by atoms with Gasteiger partial charge in [0.05, 0.1) is 0 Å². The predicted octanol–water partition coefficient (Wildman–Crippen LogP) is 2.57. The van der Waals surface area contributed by atoms with Crippen LogP contribution >= 0.6 is 22.6 Å². The van der Waals surface area contributed by atoms with Gasteiger partial charge < -0.3 is 4.90 Å². The second kappa shape index (κ2) is 6.00. The summed E-state index contributed by atoms with van der Waals surface area (Å²) >= 11 is 2.15. The van der Waals surface area contributed by atoms with Crippen molar-refractivity contribution in [1.82, 2.24) is 4.90 Å². The molecule has 0 aromatic heterocycles. The van der Waals surface area contributed by atoms with Gasteiger partial charge in [-0.25, -0.2) is 0 Å². The molecular formula is C9H18IN. The van der Waals surface area contributed by atoms with Crippen LogP contribution in [0.15, 0.2) is 11.6 Å². The third-order valence-corrected chi connectivity index (χ3v) is 1.69.